The molecule has 4 nitrogen and oxygen atoms in total. The van der Waals surface area contributed by atoms with Gasteiger partial charge < -0.3 is 5.11 Å². The van der Waals surface area contributed by atoms with Crippen molar-refractivity contribution < 1.29 is 9.90 Å². The molecule has 2 aromatic carbocycles. The Kier molecular flexibility index (Phi) is 2.68. The largest absolute Gasteiger partial charge is 0.475 e. The van der Waals surface area contributed by atoms with Crippen LogP contribution >= 0.6 is 0 Å². The van der Waals surface area contributed by atoms with E-state index >= 15 is 0 Å². The second-order valence-corrected chi connectivity index (χ2v) is 4.10. The average molecular weight is 250 g/mol. The van der Waals surface area contributed by atoms with Gasteiger partial charge in [0.25, 0.3) is 0 Å². The van der Waals surface area contributed by atoms with Crippen LogP contribution in [0.1, 0.15) is 10.6 Å². The summed E-state index contributed by atoms with van der Waals surface area (Å²) in [5.41, 5.74) is 1.52. The number of fused-ring (bicyclic) bond motifs is 1. The number of aromatic carboxylic acids is 1. The molecule has 0 aliphatic rings. The number of carboxylic acids is 1. The Morgan fingerprint density at radius 2 is 1.79 bits per heavy atom. The van der Waals surface area contributed by atoms with Crippen molar-refractivity contribution in [3.8, 4) is 11.3 Å². The SMILES string of the molecule is O=C(O)c1nccc(-c2cccc3ccccc23)n1. The van der Waals surface area contributed by atoms with E-state index in [0.717, 1.165) is 16.3 Å². The topological polar surface area (TPSA) is 63.1 Å². The molecule has 0 aliphatic carbocycles. The summed E-state index contributed by atoms with van der Waals surface area (Å²) in [6.07, 6.45) is 1.47. The van der Waals surface area contributed by atoms with E-state index in [2.05, 4.69) is 9.97 Å². The quantitative estimate of drug-likeness (QED) is 0.759. The Morgan fingerprint density at radius 1 is 1.00 bits per heavy atom. The highest BCUT2D eigenvalue weighted by Gasteiger charge is 2.10. The lowest BCUT2D eigenvalue weighted by molar-refractivity contribution is 0.0683. The molecule has 0 fully saturated rings. The second-order valence-electron chi connectivity index (χ2n) is 4.10. The van der Waals surface area contributed by atoms with E-state index in [0.29, 0.717) is 5.69 Å². The van der Waals surface area contributed by atoms with Crippen LogP contribution in [0.4, 0.5) is 0 Å². The van der Waals surface area contributed by atoms with Crippen LogP contribution in [-0.2, 0) is 0 Å². The molecule has 0 aliphatic heterocycles. The fourth-order valence-electron chi connectivity index (χ4n) is 2.06. The van der Waals surface area contributed by atoms with Crippen LogP contribution in [0.2, 0.25) is 0 Å². The molecule has 0 spiro atoms. The number of carboxylic acid groups (broad SMARTS) is 1. The first-order chi connectivity index (χ1) is 9.25. The number of aromatic nitrogens is 2. The molecule has 0 unspecified atom stereocenters. The van der Waals surface area contributed by atoms with E-state index in [-0.39, 0.29) is 5.82 Å². The van der Waals surface area contributed by atoms with Crippen LogP contribution in [0, 0.1) is 0 Å². The van der Waals surface area contributed by atoms with E-state index in [1.54, 1.807) is 6.07 Å². The smallest absolute Gasteiger partial charge is 0.373 e. The van der Waals surface area contributed by atoms with Gasteiger partial charge in [0.15, 0.2) is 0 Å². The summed E-state index contributed by atoms with van der Waals surface area (Å²) in [6, 6.07) is 15.5. The second kappa shape index (κ2) is 4.49. The van der Waals surface area contributed by atoms with Gasteiger partial charge in [-0.1, -0.05) is 42.5 Å². The predicted octanol–water partition coefficient (Wildman–Crippen LogP) is 3.00. The van der Waals surface area contributed by atoms with Crippen molar-refractivity contribution in [2.75, 3.05) is 0 Å². The van der Waals surface area contributed by atoms with Crippen LogP contribution in [0.25, 0.3) is 22.0 Å². The number of rotatable bonds is 2. The maximum absolute atomic E-state index is 10.9. The molecular weight excluding hydrogens is 240 g/mol. The third kappa shape index (κ3) is 2.04. The van der Waals surface area contributed by atoms with Crippen molar-refractivity contribution in [2.45, 2.75) is 0 Å². The minimum Gasteiger partial charge on any atom is -0.475 e. The summed E-state index contributed by atoms with van der Waals surface area (Å²) in [6.45, 7) is 0. The van der Waals surface area contributed by atoms with Crippen LogP contribution in [-0.4, -0.2) is 21.0 Å². The third-order valence-electron chi connectivity index (χ3n) is 2.91. The molecule has 0 amide bonds. The molecule has 3 aromatic rings. The van der Waals surface area contributed by atoms with E-state index < -0.39 is 5.97 Å². The maximum atomic E-state index is 10.9. The maximum Gasteiger partial charge on any atom is 0.373 e. The zero-order chi connectivity index (χ0) is 13.2. The first-order valence-electron chi connectivity index (χ1n) is 5.80. The number of nitrogens with zero attached hydrogens (tertiary/aromatic N) is 2. The Bertz CT molecular complexity index is 763. The minimum atomic E-state index is -1.12. The van der Waals surface area contributed by atoms with Crippen molar-refractivity contribution in [3.63, 3.8) is 0 Å². The molecule has 1 heterocycles. The number of carbonyl (C=O) groups is 1. The third-order valence-corrected chi connectivity index (χ3v) is 2.91. The molecule has 19 heavy (non-hydrogen) atoms. The molecule has 1 N–H and O–H groups in total. The van der Waals surface area contributed by atoms with Gasteiger partial charge in [-0.2, -0.15) is 0 Å². The van der Waals surface area contributed by atoms with Gasteiger partial charge in [0.05, 0.1) is 5.69 Å². The summed E-state index contributed by atoms with van der Waals surface area (Å²) in [5, 5.41) is 11.1. The summed E-state index contributed by atoms with van der Waals surface area (Å²) in [5.74, 6) is -1.31. The van der Waals surface area contributed by atoms with Crippen LogP contribution in [0.3, 0.4) is 0 Å². The molecule has 0 saturated heterocycles. The molecule has 1 aromatic heterocycles. The average Bonchev–Trinajstić information content (AvgIpc) is 2.47. The van der Waals surface area contributed by atoms with Gasteiger partial charge in [-0.25, -0.2) is 14.8 Å². The summed E-state index contributed by atoms with van der Waals surface area (Å²) in [4.78, 5) is 18.7. The summed E-state index contributed by atoms with van der Waals surface area (Å²) < 4.78 is 0. The van der Waals surface area contributed by atoms with E-state index in [9.17, 15) is 4.79 Å². The van der Waals surface area contributed by atoms with Crippen LogP contribution in [0.5, 0.6) is 0 Å². The molecule has 0 saturated carbocycles. The fourth-order valence-corrected chi connectivity index (χ4v) is 2.06. The number of benzene rings is 2. The van der Waals surface area contributed by atoms with Crippen LogP contribution < -0.4 is 0 Å². The van der Waals surface area contributed by atoms with E-state index in [1.807, 2.05) is 42.5 Å². The van der Waals surface area contributed by atoms with Crippen molar-refractivity contribution in [3.05, 3.63) is 60.6 Å². The highest BCUT2D eigenvalue weighted by Crippen LogP contribution is 2.26. The van der Waals surface area contributed by atoms with Crippen molar-refractivity contribution in [2.24, 2.45) is 0 Å². The normalized spacial score (nSPS) is 10.5. The van der Waals surface area contributed by atoms with Gasteiger partial charge in [0.1, 0.15) is 0 Å². The van der Waals surface area contributed by atoms with E-state index in [4.69, 9.17) is 5.11 Å². The first-order valence-corrected chi connectivity index (χ1v) is 5.80. The number of hydrogen-bond donors (Lipinski definition) is 1. The molecule has 0 atom stereocenters. The van der Waals surface area contributed by atoms with Gasteiger partial charge in [0, 0.05) is 11.8 Å². The zero-order valence-electron chi connectivity index (χ0n) is 9.95. The lowest BCUT2D eigenvalue weighted by atomic mass is 10.0. The molecule has 92 valence electrons. The lowest BCUT2D eigenvalue weighted by Gasteiger charge is -2.06. The number of hydrogen-bond acceptors (Lipinski definition) is 3. The molecular formula is C15H10N2O2. The predicted molar refractivity (Wildman–Crippen MR) is 71.9 cm³/mol. The molecule has 0 bridgehead atoms. The fraction of sp³-hybridized carbons (Fsp3) is 0. The van der Waals surface area contributed by atoms with E-state index in [1.165, 1.54) is 6.20 Å². The lowest BCUT2D eigenvalue weighted by Crippen LogP contribution is -2.04. The van der Waals surface area contributed by atoms with Gasteiger partial charge in [0.2, 0.25) is 5.82 Å². The van der Waals surface area contributed by atoms with Gasteiger partial charge in [-0.05, 0) is 16.8 Å². The minimum absolute atomic E-state index is 0.189. The highest BCUT2D eigenvalue weighted by atomic mass is 16.4. The van der Waals surface area contributed by atoms with Crippen molar-refractivity contribution >= 4 is 16.7 Å². The Morgan fingerprint density at radius 3 is 2.63 bits per heavy atom. The Balaban J connectivity index is 2.24. The van der Waals surface area contributed by atoms with Gasteiger partial charge in [-0.3, -0.25) is 0 Å². The standard InChI is InChI=1S/C15H10N2O2/c18-15(19)14-16-9-8-13(17-14)12-7-3-5-10-4-1-2-6-11(10)12/h1-9H,(H,18,19). The summed E-state index contributed by atoms with van der Waals surface area (Å²) >= 11 is 0. The Hall–Kier alpha value is -2.75. The van der Waals surface area contributed by atoms with Crippen molar-refractivity contribution in [1.82, 2.24) is 9.97 Å². The van der Waals surface area contributed by atoms with Crippen LogP contribution in [0.15, 0.2) is 54.7 Å². The highest BCUT2D eigenvalue weighted by molar-refractivity contribution is 5.96. The molecule has 0 radical (unpaired) electrons. The summed E-state index contributed by atoms with van der Waals surface area (Å²) in [7, 11) is 0. The van der Waals surface area contributed by atoms with Crippen molar-refractivity contribution in [1.29, 1.82) is 0 Å². The van der Waals surface area contributed by atoms with Gasteiger partial charge in [-0.15, -0.1) is 0 Å². The molecule has 4 heteroatoms. The Labute approximate surface area is 109 Å². The monoisotopic (exact) mass is 250 g/mol. The van der Waals surface area contributed by atoms with Gasteiger partial charge >= 0.3 is 5.97 Å². The first kappa shape index (κ1) is 11.3. The zero-order valence-corrected chi connectivity index (χ0v) is 9.95. The molecule has 3 rings (SSSR count).